The summed E-state index contributed by atoms with van der Waals surface area (Å²) in [5.74, 6) is 0.861. The molecule has 1 unspecified atom stereocenters. The van der Waals surface area contributed by atoms with Gasteiger partial charge in [-0.25, -0.2) is 4.79 Å². The molecule has 0 saturated heterocycles. The van der Waals surface area contributed by atoms with E-state index in [0.29, 0.717) is 17.9 Å². The molecule has 82 valence electrons. The standard InChI is InChI=1S/C9H17NO3S/c1-7(2)9(12)13-5-8(11)6-14-4-3-10/h8,11H,1,3-6,10H2,2H3. The number of carbonyl (C=O) groups is 1. The molecule has 0 aromatic carbocycles. The summed E-state index contributed by atoms with van der Waals surface area (Å²) in [5, 5.41) is 9.34. The van der Waals surface area contributed by atoms with E-state index in [0.717, 1.165) is 5.75 Å². The van der Waals surface area contributed by atoms with Crippen molar-refractivity contribution in [3.63, 3.8) is 0 Å². The van der Waals surface area contributed by atoms with Crippen LogP contribution in [0.4, 0.5) is 0 Å². The first-order valence-corrected chi connectivity index (χ1v) is 5.52. The van der Waals surface area contributed by atoms with Crippen molar-refractivity contribution in [2.24, 2.45) is 5.73 Å². The molecule has 0 rings (SSSR count). The monoisotopic (exact) mass is 219 g/mol. The summed E-state index contributed by atoms with van der Waals surface area (Å²) in [4.78, 5) is 10.9. The van der Waals surface area contributed by atoms with Crippen molar-refractivity contribution in [1.82, 2.24) is 0 Å². The molecule has 0 aromatic rings. The molecule has 0 aliphatic rings. The lowest BCUT2D eigenvalue weighted by Crippen LogP contribution is -2.21. The summed E-state index contributed by atoms with van der Waals surface area (Å²) in [6.45, 7) is 5.60. The van der Waals surface area contributed by atoms with E-state index in [9.17, 15) is 9.90 Å². The zero-order valence-corrected chi connectivity index (χ0v) is 9.18. The van der Waals surface area contributed by atoms with Gasteiger partial charge in [0.05, 0.1) is 6.10 Å². The largest absolute Gasteiger partial charge is 0.460 e. The number of hydrogen-bond donors (Lipinski definition) is 2. The van der Waals surface area contributed by atoms with Crippen molar-refractivity contribution in [2.75, 3.05) is 24.7 Å². The van der Waals surface area contributed by atoms with Crippen molar-refractivity contribution in [3.05, 3.63) is 12.2 Å². The molecule has 0 radical (unpaired) electrons. The number of esters is 1. The summed E-state index contributed by atoms with van der Waals surface area (Å²) in [7, 11) is 0. The van der Waals surface area contributed by atoms with Crippen LogP contribution in [0.15, 0.2) is 12.2 Å². The molecule has 0 amide bonds. The summed E-state index contributed by atoms with van der Waals surface area (Å²) in [6.07, 6.45) is -0.630. The van der Waals surface area contributed by atoms with Crippen LogP contribution in [0.1, 0.15) is 6.92 Å². The highest BCUT2D eigenvalue weighted by atomic mass is 32.2. The van der Waals surface area contributed by atoms with Gasteiger partial charge in [0.2, 0.25) is 0 Å². The fourth-order valence-corrected chi connectivity index (χ4v) is 1.35. The average Bonchev–Trinajstić information content (AvgIpc) is 2.14. The molecule has 14 heavy (non-hydrogen) atoms. The van der Waals surface area contributed by atoms with E-state index in [-0.39, 0.29) is 6.61 Å². The SMILES string of the molecule is C=C(C)C(=O)OCC(O)CSCCN. The number of aliphatic hydroxyl groups excluding tert-OH is 1. The van der Waals surface area contributed by atoms with E-state index in [1.807, 2.05) is 0 Å². The van der Waals surface area contributed by atoms with Gasteiger partial charge in [-0.1, -0.05) is 6.58 Å². The highest BCUT2D eigenvalue weighted by Gasteiger charge is 2.08. The predicted molar refractivity (Wildman–Crippen MR) is 58.2 cm³/mol. The van der Waals surface area contributed by atoms with Gasteiger partial charge in [0.25, 0.3) is 0 Å². The number of hydrogen-bond acceptors (Lipinski definition) is 5. The number of nitrogens with two attached hydrogens (primary N) is 1. The molecule has 3 N–H and O–H groups in total. The van der Waals surface area contributed by atoms with E-state index < -0.39 is 12.1 Å². The Labute approximate surface area is 88.5 Å². The van der Waals surface area contributed by atoms with Crippen LogP contribution >= 0.6 is 11.8 Å². The third kappa shape index (κ3) is 6.94. The second-order valence-electron chi connectivity index (χ2n) is 2.90. The fourth-order valence-electron chi connectivity index (χ4n) is 0.646. The van der Waals surface area contributed by atoms with E-state index in [2.05, 4.69) is 6.58 Å². The van der Waals surface area contributed by atoms with Crippen LogP contribution in [-0.2, 0) is 9.53 Å². The maximum absolute atomic E-state index is 10.9. The molecule has 5 heteroatoms. The van der Waals surface area contributed by atoms with Gasteiger partial charge >= 0.3 is 5.97 Å². The normalized spacial score (nSPS) is 12.2. The topological polar surface area (TPSA) is 72.5 Å². The van der Waals surface area contributed by atoms with Gasteiger partial charge in [0.1, 0.15) is 6.61 Å². The van der Waals surface area contributed by atoms with Crippen LogP contribution in [0.5, 0.6) is 0 Å². The third-order valence-electron chi connectivity index (χ3n) is 1.33. The van der Waals surface area contributed by atoms with Gasteiger partial charge in [0, 0.05) is 23.6 Å². The first-order chi connectivity index (χ1) is 6.57. The van der Waals surface area contributed by atoms with E-state index >= 15 is 0 Å². The van der Waals surface area contributed by atoms with E-state index in [1.54, 1.807) is 6.92 Å². The van der Waals surface area contributed by atoms with Crippen LogP contribution in [0, 0.1) is 0 Å². The van der Waals surface area contributed by atoms with E-state index in [1.165, 1.54) is 11.8 Å². The zero-order valence-electron chi connectivity index (χ0n) is 8.36. The molecule has 0 aliphatic heterocycles. The third-order valence-corrected chi connectivity index (χ3v) is 2.47. The summed E-state index contributed by atoms with van der Waals surface area (Å²) in [6, 6.07) is 0. The van der Waals surface area contributed by atoms with Crippen molar-refractivity contribution in [2.45, 2.75) is 13.0 Å². The minimum absolute atomic E-state index is 0.0171. The van der Waals surface area contributed by atoms with Gasteiger partial charge < -0.3 is 15.6 Å². The lowest BCUT2D eigenvalue weighted by molar-refractivity contribution is -0.141. The predicted octanol–water partition coefficient (Wildman–Crippen LogP) is 0.158. The molecule has 0 spiro atoms. The Morgan fingerprint density at radius 3 is 2.86 bits per heavy atom. The Kier molecular flexibility index (Phi) is 7.55. The molecular formula is C9H17NO3S. The molecular weight excluding hydrogens is 202 g/mol. The van der Waals surface area contributed by atoms with Crippen molar-refractivity contribution >= 4 is 17.7 Å². The molecule has 0 aromatic heterocycles. The minimum atomic E-state index is -0.630. The first kappa shape index (κ1) is 13.5. The quantitative estimate of drug-likeness (QED) is 0.362. The molecule has 4 nitrogen and oxygen atoms in total. The maximum atomic E-state index is 10.9. The minimum Gasteiger partial charge on any atom is -0.460 e. The Balaban J connectivity index is 3.48. The van der Waals surface area contributed by atoms with Gasteiger partial charge in [-0.3, -0.25) is 0 Å². The smallest absolute Gasteiger partial charge is 0.333 e. The fraction of sp³-hybridized carbons (Fsp3) is 0.667. The molecule has 1 atom stereocenters. The molecule has 0 heterocycles. The Bertz CT molecular complexity index is 196. The number of aliphatic hydroxyl groups is 1. The molecule has 0 fully saturated rings. The molecule has 0 aliphatic carbocycles. The summed E-state index contributed by atoms with van der Waals surface area (Å²) in [5.41, 5.74) is 5.62. The highest BCUT2D eigenvalue weighted by Crippen LogP contribution is 2.03. The Morgan fingerprint density at radius 1 is 1.71 bits per heavy atom. The van der Waals surface area contributed by atoms with Crippen LogP contribution in [-0.4, -0.2) is 41.8 Å². The number of thioether (sulfide) groups is 1. The second-order valence-corrected chi connectivity index (χ2v) is 4.05. The average molecular weight is 219 g/mol. The second kappa shape index (κ2) is 7.84. The van der Waals surface area contributed by atoms with Crippen molar-refractivity contribution < 1.29 is 14.6 Å². The Hall–Kier alpha value is -0.520. The number of ether oxygens (including phenoxy) is 1. The van der Waals surface area contributed by atoms with Gasteiger partial charge in [0.15, 0.2) is 0 Å². The summed E-state index contributed by atoms with van der Waals surface area (Å²) >= 11 is 1.53. The summed E-state index contributed by atoms with van der Waals surface area (Å²) < 4.78 is 4.76. The van der Waals surface area contributed by atoms with Crippen LogP contribution in [0.3, 0.4) is 0 Å². The van der Waals surface area contributed by atoms with E-state index in [4.69, 9.17) is 10.5 Å². The van der Waals surface area contributed by atoms with Crippen LogP contribution in [0.25, 0.3) is 0 Å². The lowest BCUT2D eigenvalue weighted by atomic mass is 10.3. The van der Waals surface area contributed by atoms with Crippen molar-refractivity contribution in [3.8, 4) is 0 Å². The number of carbonyl (C=O) groups excluding carboxylic acids is 1. The van der Waals surface area contributed by atoms with Crippen LogP contribution < -0.4 is 5.73 Å². The zero-order chi connectivity index (χ0) is 11.0. The Morgan fingerprint density at radius 2 is 2.36 bits per heavy atom. The van der Waals surface area contributed by atoms with Crippen molar-refractivity contribution in [1.29, 1.82) is 0 Å². The molecule has 0 saturated carbocycles. The van der Waals surface area contributed by atoms with Gasteiger partial charge in [-0.05, 0) is 6.92 Å². The van der Waals surface area contributed by atoms with Gasteiger partial charge in [-0.2, -0.15) is 11.8 Å². The lowest BCUT2D eigenvalue weighted by Gasteiger charge is -2.10. The first-order valence-electron chi connectivity index (χ1n) is 4.36. The van der Waals surface area contributed by atoms with Gasteiger partial charge in [-0.15, -0.1) is 0 Å². The highest BCUT2D eigenvalue weighted by molar-refractivity contribution is 7.99. The maximum Gasteiger partial charge on any atom is 0.333 e. The molecule has 0 bridgehead atoms. The number of rotatable bonds is 7. The van der Waals surface area contributed by atoms with Crippen LogP contribution in [0.2, 0.25) is 0 Å².